The van der Waals surface area contributed by atoms with Gasteiger partial charge in [-0.2, -0.15) is 4.52 Å². The Morgan fingerprint density at radius 3 is 2.50 bits per heavy atom. The lowest BCUT2D eigenvalue weighted by molar-refractivity contribution is 0.335. The minimum atomic E-state index is -3.61. The third-order valence-corrected chi connectivity index (χ3v) is 6.68. The highest BCUT2D eigenvalue weighted by molar-refractivity contribution is 7.95. The molecular weight excluding hydrogens is 358 g/mol. The highest BCUT2D eigenvalue weighted by Crippen LogP contribution is 2.29. The second-order valence-corrected chi connectivity index (χ2v) is 8.13. The van der Waals surface area contributed by atoms with E-state index in [1.807, 2.05) is 19.1 Å². The molecule has 11 heteroatoms. The van der Waals surface area contributed by atoms with Gasteiger partial charge in [-0.25, -0.2) is 0 Å². The van der Waals surface area contributed by atoms with Crippen LogP contribution in [0.2, 0.25) is 0 Å². The van der Waals surface area contributed by atoms with Crippen LogP contribution in [-0.2, 0) is 14.6 Å². The molecule has 1 aliphatic rings. The third kappa shape index (κ3) is 2.68. The Labute approximate surface area is 151 Å². The van der Waals surface area contributed by atoms with E-state index >= 15 is 0 Å². The molecule has 1 atom stereocenters. The van der Waals surface area contributed by atoms with Crippen LogP contribution < -0.4 is 4.90 Å². The van der Waals surface area contributed by atoms with Gasteiger partial charge in [0.15, 0.2) is 27.6 Å². The molecule has 10 nitrogen and oxygen atoms in total. The lowest BCUT2D eigenvalue weighted by atomic mass is 10.3. The summed E-state index contributed by atoms with van der Waals surface area (Å²) in [6.07, 6.45) is 0. The van der Waals surface area contributed by atoms with Crippen LogP contribution in [0.4, 0.5) is 5.82 Å². The average Bonchev–Trinajstić information content (AvgIpc) is 3.17. The summed E-state index contributed by atoms with van der Waals surface area (Å²) in [4.78, 5) is 2.23. The van der Waals surface area contributed by atoms with Gasteiger partial charge >= 0.3 is 0 Å². The molecule has 0 radical (unpaired) electrons. The van der Waals surface area contributed by atoms with E-state index in [2.05, 4.69) is 25.4 Å². The third-order valence-electron chi connectivity index (χ3n) is 4.53. The molecule has 0 spiro atoms. The molecule has 0 saturated carbocycles. The van der Waals surface area contributed by atoms with Crippen LogP contribution in [0.1, 0.15) is 17.3 Å². The minimum Gasteiger partial charge on any atom is -0.593 e. The summed E-state index contributed by atoms with van der Waals surface area (Å²) in [5.41, 5.74) is 1.08. The van der Waals surface area contributed by atoms with Crippen molar-refractivity contribution in [2.24, 2.45) is 0 Å². The van der Waals surface area contributed by atoms with Crippen LogP contribution in [0.3, 0.4) is 0 Å². The van der Waals surface area contributed by atoms with Gasteiger partial charge in [-0.05, 0) is 26.0 Å². The van der Waals surface area contributed by atoms with Crippen molar-refractivity contribution in [3.63, 3.8) is 0 Å². The maximum absolute atomic E-state index is 12.9. The van der Waals surface area contributed by atoms with E-state index in [9.17, 15) is 8.76 Å². The van der Waals surface area contributed by atoms with Gasteiger partial charge in [0.25, 0.3) is 0 Å². The van der Waals surface area contributed by atoms with Crippen molar-refractivity contribution >= 4 is 21.9 Å². The monoisotopic (exact) mass is 377 g/mol. The Bertz CT molecular complexity index is 987. The summed E-state index contributed by atoms with van der Waals surface area (Å²) >= 11 is 0. The van der Waals surface area contributed by atoms with Gasteiger partial charge in [-0.15, -0.1) is 19.6 Å². The van der Waals surface area contributed by atoms with E-state index in [1.54, 1.807) is 18.4 Å². The van der Waals surface area contributed by atoms with Crippen molar-refractivity contribution in [2.45, 2.75) is 25.7 Å². The van der Waals surface area contributed by atoms with Crippen molar-refractivity contribution in [1.29, 1.82) is 0 Å². The fourth-order valence-corrected chi connectivity index (χ4v) is 4.90. The summed E-state index contributed by atoms with van der Waals surface area (Å²) < 4.78 is 33.9. The molecule has 1 aliphatic heterocycles. The van der Waals surface area contributed by atoms with Gasteiger partial charge in [-0.1, -0.05) is 9.37 Å². The molecule has 26 heavy (non-hydrogen) atoms. The van der Waals surface area contributed by atoms with Crippen molar-refractivity contribution < 1.29 is 13.3 Å². The Balaban J connectivity index is 1.53. The van der Waals surface area contributed by atoms with Gasteiger partial charge in [0, 0.05) is 20.0 Å². The van der Waals surface area contributed by atoms with Crippen molar-refractivity contribution in [3.05, 3.63) is 29.4 Å². The van der Waals surface area contributed by atoms with Crippen molar-refractivity contribution in [2.75, 3.05) is 31.1 Å². The van der Waals surface area contributed by atoms with Crippen molar-refractivity contribution in [3.8, 4) is 0 Å². The minimum absolute atomic E-state index is 0.172. The zero-order chi connectivity index (χ0) is 18.5. The topological polar surface area (TPSA) is 116 Å². The highest BCUT2D eigenvalue weighted by Gasteiger charge is 2.38. The second kappa shape index (κ2) is 6.11. The van der Waals surface area contributed by atoms with Gasteiger partial charge in [-0.3, -0.25) is 0 Å². The van der Waals surface area contributed by atoms with Gasteiger partial charge in [0.05, 0.1) is 13.1 Å². The average molecular weight is 377 g/mol. The summed E-state index contributed by atoms with van der Waals surface area (Å²) in [5, 5.41) is 16.3. The summed E-state index contributed by atoms with van der Waals surface area (Å²) in [7, 11) is -3.61. The quantitative estimate of drug-likeness (QED) is 0.614. The molecule has 1 unspecified atom stereocenters. The Hall–Kier alpha value is -2.37. The number of sulfonamides is 1. The van der Waals surface area contributed by atoms with E-state index in [0.29, 0.717) is 49.1 Å². The fraction of sp³-hybridized carbons (Fsp3) is 0.467. The standard InChI is InChI=1S/C15H19N7O3S/c1-10-15(11(2)25-19-10)26(23,24)21-8-6-20(7-9-21)14-5-4-13-17-16-12(3)22(13)18-14/h4-5H,6-9H2,1-3H3. The van der Waals surface area contributed by atoms with Gasteiger partial charge in [0.2, 0.25) is 4.90 Å². The predicted octanol–water partition coefficient (Wildman–Crippen LogP) is 0.764. The molecule has 1 fully saturated rings. The molecule has 0 aromatic carbocycles. The zero-order valence-corrected chi connectivity index (χ0v) is 15.6. The van der Waals surface area contributed by atoms with Crippen LogP contribution in [0.5, 0.6) is 0 Å². The van der Waals surface area contributed by atoms with E-state index < -0.39 is 10.4 Å². The summed E-state index contributed by atoms with van der Waals surface area (Å²) in [6, 6.07) is 3.73. The molecule has 3 aromatic rings. The number of piperazine rings is 1. The number of rotatable bonds is 3. The Morgan fingerprint density at radius 2 is 1.85 bits per heavy atom. The molecule has 0 N–H and O–H groups in total. The van der Waals surface area contributed by atoms with Gasteiger partial charge < -0.3 is 14.0 Å². The predicted molar refractivity (Wildman–Crippen MR) is 92.4 cm³/mol. The molecule has 1 saturated heterocycles. The van der Waals surface area contributed by atoms with Crippen LogP contribution >= 0.6 is 0 Å². The molecule has 138 valence electrons. The molecular formula is C15H19N7O3S. The first-order chi connectivity index (χ1) is 12.4. The number of hydrogen-bond donors (Lipinski definition) is 0. The Morgan fingerprint density at radius 1 is 1.12 bits per heavy atom. The van der Waals surface area contributed by atoms with Crippen LogP contribution in [0.25, 0.3) is 5.65 Å². The lowest BCUT2D eigenvalue weighted by Crippen LogP contribution is -2.51. The number of nitrogens with zero attached hydrogens (tertiary/aromatic N) is 7. The summed E-state index contributed by atoms with van der Waals surface area (Å²) in [5.74, 6) is 1.80. The van der Waals surface area contributed by atoms with E-state index in [-0.39, 0.29) is 4.90 Å². The van der Waals surface area contributed by atoms with Crippen LogP contribution in [-0.4, -0.2) is 60.0 Å². The first-order valence-corrected chi connectivity index (χ1v) is 9.69. The van der Waals surface area contributed by atoms with Crippen LogP contribution in [0.15, 0.2) is 21.6 Å². The first-order valence-electron chi connectivity index (χ1n) is 8.25. The molecule has 0 amide bonds. The smallest absolute Gasteiger partial charge is 0.240 e. The highest BCUT2D eigenvalue weighted by atomic mass is 32.3. The number of aryl methyl sites for hydroxylation is 3. The number of aromatic nitrogens is 5. The first kappa shape index (κ1) is 17.1. The maximum atomic E-state index is 12.9. The van der Waals surface area contributed by atoms with Crippen molar-refractivity contribution in [1.82, 2.24) is 29.3 Å². The van der Waals surface area contributed by atoms with E-state index in [0.717, 1.165) is 5.82 Å². The van der Waals surface area contributed by atoms with E-state index in [1.165, 1.54) is 4.31 Å². The molecule has 4 heterocycles. The molecule has 0 bridgehead atoms. The SMILES string of the molecule is Cc1noc(C)c1[S+](=O)([O-])N1CCN(c2ccc3nnc(C)n3n2)CC1. The zero-order valence-electron chi connectivity index (χ0n) is 14.7. The number of fused-ring (bicyclic) bond motifs is 1. The van der Waals surface area contributed by atoms with Crippen LogP contribution in [0, 0.1) is 20.8 Å². The van der Waals surface area contributed by atoms with E-state index in [4.69, 9.17) is 4.52 Å². The fourth-order valence-electron chi connectivity index (χ4n) is 3.18. The summed E-state index contributed by atoms with van der Waals surface area (Å²) in [6.45, 7) is 6.92. The number of anilines is 1. The normalized spacial score (nSPS) is 18.4. The number of hydrogen-bond acceptors (Lipinski definition) is 8. The Kier molecular flexibility index (Phi) is 4.01. The molecule has 3 aromatic heterocycles. The molecule has 0 aliphatic carbocycles. The van der Waals surface area contributed by atoms with Gasteiger partial charge in [0.1, 0.15) is 11.5 Å². The lowest BCUT2D eigenvalue weighted by Gasteiger charge is -2.35. The maximum Gasteiger partial charge on any atom is 0.240 e. The molecule has 4 rings (SSSR count). The largest absolute Gasteiger partial charge is 0.593 e. The second-order valence-electron chi connectivity index (χ2n) is 6.25.